The molecule has 3 N–H and O–H groups in total. The lowest BCUT2D eigenvalue weighted by Crippen LogP contribution is -2.38. The number of anilines is 2. The number of carbonyl (C=O) groups excluding carboxylic acids is 3. The Kier molecular flexibility index (Phi) is 7.73. The molecule has 3 amide bonds. The van der Waals surface area contributed by atoms with Crippen LogP contribution in [0.4, 0.5) is 15.8 Å². The Bertz CT molecular complexity index is 901. The lowest BCUT2D eigenvalue weighted by Gasteiger charge is -2.21. The molecule has 0 saturated carbocycles. The largest absolute Gasteiger partial charge is 0.341 e. The van der Waals surface area contributed by atoms with Crippen molar-refractivity contribution in [2.45, 2.75) is 33.2 Å². The monoisotopic (exact) mass is 419 g/mol. The summed E-state index contributed by atoms with van der Waals surface area (Å²) < 4.78 is 14.0. The Labute approximate surface area is 173 Å². The van der Waals surface area contributed by atoms with Crippen LogP contribution in [0.1, 0.15) is 38.8 Å². The van der Waals surface area contributed by atoms with Crippen molar-refractivity contribution in [2.24, 2.45) is 5.92 Å². The molecule has 0 aliphatic rings. The van der Waals surface area contributed by atoms with E-state index in [0.717, 1.165) is 11.6 Å². The molecular weight excluding hydrogens is 397 g/mol. The van der Waals surface area contributed by atoms with Gasteiger partial charge in [-0.2, -0.15) is 0 Å². The molecule has 0 saturated heterocycles. The number of carbonyl (C=O) groups is 3. The minimum Gasteiger partial charge on any atom is -0.341 e. The van der Waals surface area contributed by atoms with Gasteiger partial charge in [-0.3, -0.25) is 14.4 Å². The maximum Gasteiger partial charge on any atom is 0.313 e. The topological polar surface area (TPSA) is 87.3 Å². The van der Waals surface area contributed by atoms with E-state index in [0.29, 0.717) is 17.1 Å². The molecule has 2 aromatic carbocycles. The number of amides is 3. The highest BCUT2D eigenvalue weighted by Crippen LogP contribution is 2.23. The van der Waals surface area contributed by atoms with E-state index in [1.54, 1.807) is 24.3 Å². The minimum atomic E-state index is -1.01. The fourth-order valence-corrected chi connectivity index (χ4v) is 2.88. The van der Waals surface area contributed by atoms with Gasteiger partial charge < -0.3 is 16.0 Å². The van der Waals surface area contributed by atoms with Gasteiger partial charge in [0.05, 0.1) is 11.7 Å². The van der Waals surface area contributed by atoms with Gasteiger partial charge in [-0.25, -0.2) is 4.39 Å². The van der Waals surface area contributed by atoms with E-state index in [-0.39, 0.29) is 17.5 Å². The third-order valence-corrected chi connectivity index (χ3v) is 4.28. The Morgan fingerprint density at radius 3 is 2.24 bits per heavy atom. The summed E-state index contributed by atoms with van der Waals surface area (Å²) in [7, 11) is 0. The average Bonchev–Trinajstić information content (AvgIpc) is 2.63. The van der Waals surface area contributed by atoms with Gasteiger partial charge in [0.25, 0.3) is 0 Å². The standard InChI is InChI=1S/C21H23ClFN3O3/c1-12(2)10-18(14-4-6-15(22)7-5-14)25-20(28)21(29)26-19-11-16(24-13(3)27)8-9-17(19)23/h4-9,11-12,18H,10H2,1-3H3,(H,24,27)(H,25,28)(H,26,29). The van der Waals surface area contributed by atoms with E-state index in [4.69, 9.17) is 11.6 Å². The zero-order valence-corrected chi connectivity index (χ0v) is 17.1. The second-order valence-corrected chi connectivity index (χ2v) is 7.47. The lowest BCUT2D eigenvalue weighted by atomic mass is 9.97. The van der Waals surface area contributed by atoms with Crippen LogP contribution in [0.3, 0.4) is 0 Å². The quantitative estimate of drug-likeness (QED) is 0.611. The molecule has 0 aliphatic heterocycles. The molecule has 0 spiro atoms. The minimum absolute atomic E-state index is 0.205. The Morgan fingerprint density at radius 2 is 1.66 bits per heavy atom. The van der Waals surface area contributed by atoms with Gasteiger partial charge in [-0.15, -0.1) is 0 Å². The number of hydrogen-bond acceptors (Lipinski definition) is 3. The van der Waals surface area contributed by atoms with Crippen LogP contribution in [0.2, 0.25) is 5.02 Å². The third kappa shape index (κ3) is 6.87. The van der Waals surface area contributed by atoms with E-state index in [1.807, 2.05) is 13.8 Å². The summed E-state index contributed by atoms with van der Waals surface area (Å²) in [4.78, 5) is 35.9. The summed E-state index contributed by atoms with van der Waals surface area (Å²) in [6, 6.07) is 10.3. The van der Waals surface area contributed by atoms with Gasteiger partial charge in [0, 0.05) is 17.6 Å². The summed E-state index contributed by atoms with van der Waals surface area (Å²) in [6.45, 7) is 5.30. The van der Waals surface area contributed by atoms with Crippen LogP contribution < -0.4 is 16.0 Å². The number of benzene rings is 2. The van der Waals surface area contributed by atoms with Crippen molar-refractivity contribution in [1.29, 1.82) is 0 Å². The predicted octanol–water partition coefficient (Wildman–Crippen LogP) is 4.28. The molecule has 0 radical (unpaired) electrons. The van der Waals surface area contributed by atoms with Crippen LogP contribution in [-0.2, 0) is 14.4 Å². The molecule has 0 aliphatic carbocycles. The van der Waals surface area contributed by atoms with Gasteiger partial charge in [0.15, 0.2) is 0 Å². The van der Waals surface area contributed by atoms with Crippen LogP contribution in [0, 0.1) is 11.7 Å². The number of nitrogens with one attached hydrogen (secondary N) is 3. The van der Waals surface area contributed by atoms with Crippen molar-refractivity contribution < 1.29 is 18.8 Å². The highest BCUT2D eigenvalue weighted by atomic mass is 35.5. The number of halogens is 2. The molecule has 2 rings (SSSR count). The highest BCUT2D eigenvalue weighted by molar-refractivity contribution is 6.39. The van der Waals surface area contributed by atoms with Gasteiger partial charge in [-0.1, -0.05) is 37.6 Å². The normalized spacial score (nSPS) is 11.7. The van der Waals surface area contributed by atoms with Gasteiger partial charge in [0.1, 0.15) is 5.82 Å². The smallest absolute Gasteiger partial charge is 0.313 e. The molecule has 1 unspecified atom stereocenters. The zero-order valence-electron chi connectivity index (χ0n) is 16.4. The first-order valence-electron chi connectivity index (χ1n) is 9.10. The second kappa shape index (κ2) is 10.0. The van der Waals surface area contributed by atoms with E-state index in [9.17, 15) is 18.8 Å². The van der Waals surface area contributed by atoms with Gasteiger partial charge in [-0.05, 0) is 48.2 Å². The Hall–Kier alpha value is -2.93. The zero-order chi connectivity index (χ0) is 21.6. The highest BCUT2D eigenvalue weighted by Gasteiger charge is 2.22. The van der Waals surface area contributed by atoms with Crippen LogP contribution in [0.5, 0.6) is 0 Å². The predicted molar refractivity (Wildman–Crippen MR) is 111 cm³/mol. The Balaban J connectivity index is 2.12. The van der Waals surface area contributed by atoms with Crippen molar-refractivity contribution in [3.63, 3.8) is 0 Å². The number of hydrogen-bond donors (Lipinski definition) is 3. The first kappa shape index (κ1) is 22.4. The fourth-order valence-electron chi connectivity index (χ4n) is 2.75. The lowest BCUT2D eigenvalue weighted by molar-refractivity contribution is -0.136. The van der Waals surface area contributed by atoms with Crippen molar-refractivity contribution >= 4 is 40.7 Å². The number of rotatable bonds is 6. The van der Waals surface area contributed by atoms with Crippen LogP contribution in [0.25, 0.3) is 0 Å². The van der Waals surface area contributed by atoms with E-state index in [2.05, 4.69) is 16.0 Å². The molecular formula is C21H23ClFN3O3. The molecule has 29 heavy (non-hydrogen) atoms. The summed E-state index contributed by atoms with van der Waals surface area (Å²) >= 11 is 5.91. The molecule has 0 fully saturated rings. The second-order valence-electron chi connectivity index (χ2n) is 7.04. The SMILES string of the molecule is CC(=O)Nc1ccc(F)c(NC(=O)C(=O)NC(CC(C)C)c2ccc(Cl)cc2)c1. The van der Waals surface area contributed by atoms with Gasteiger partial charge in [0.2, 0.25) is 5.91 Å². The summed E-state index contributed by atoms with van der Waals surface area (Å²) in [5.74, 6) is -2.71. The van der Waals surface area contributed by atoms with Crippen LogP contribution in [0.15, 0.2) is 42.5 Å². The molecule has 0 aromatic heterocycles. The summed E-state index contributed by atoms with van der Waals surface area (Å²) in [6.07, 6.45) is 0.604. The average molecular weight is 420 g/mol. The van der Waals surface area contributed by atoms with E-state index >= 15 is 0 Å². The maximum absolute atomic E-state index is 14.0. The third-order valence-electron chi connectivity index (χ3n) is 4.03. The van der Waals surface area contributed by atoms with Crippen molar-refractivity contribution in [3.8, 4) is 0 Å². The van der Waals surface area contributed by atoms with Crippen LogP contribution >= 0.6 is 11.6 Å². The molecule has 2 aromatic rings. The molecule has 154 valence electrons. The van der Waals surface area contributed by atoms with E-state index < -0.39 is 23.7 Å². The Morgan fingerprint density at radius 1 is 1.00 bits per heavy atom. The molecule has 1 atom stereocenters. The molecule has 6 nitrogen and oxygen atoms in total. The van der Waals surface area contributed by atoms with Crippen molar-refractivity contribution in [3.05, 3.63) is 58.9 Å². The van der Waals surface area contributed by atoms with E-state index in [1.165, 1.54) is 19.1 Å². The van der Waals surface area contributed by atoms with Crippen molar-refractivity contribution in [1.82, 2.24) is 5.32 Å². The van der Waals surface area contributed by atoms with Crippen LogP contribution in [-0.4, -0.2) is 17.7 Å². The fraction of sp³-hybridized carbons (Fsp3) is 0.286. The van der Waals surface area contributed by atoms with Crippen molar-refractivity contribution in [2.75, 3.05) is 10.6 Å². The molecule has 0 bridgehead atoms. The van der Waals surface area contributed by atoms with Gasteiger partial charge >= 0.3 is 11.8 Å². The molecule has 8 heteroatoms. The maximum atomic E-state index is 14.0. The summed E-state index contributed by atoms with van der Waals surface area (Å²) in [5, 5.41) is 7.98. The summed E-state index contributed by atoms with van der Waals surface area (Å²) in [5.41, 5.74) is 0.903. The molecule has 0 heterocycles. The first-order valence-corrected chi connectivity index (χ1v) is 9.48. The first-order chi connectivity index (χ1) is 13.7.